The fourth-order valence-electron chi connectivity index (χ4n) is 16.2. The molecule has 13 aromatic carbocycles. The van der Waals surface area contributed by atoms with Crippen LogP contribution >= 0.6 is 0 Å². The van der Waals surface area contributed by atoms with Gasteiger partial charge < -0.3 is 9.13 Å². The smallest absolute Gasteiger partial charge is 0.188 e. The van der Waals surface area contributed by atoms with Crippen LogP contribution < -0.4 is 0 Å². The minimum absolute atomic E-state index is 0. The van der Waals surface area contributed by atoms with E-state index in [1.807, 2.05) is 65.5 Å². The molecule has 19 rings (SSSR count). The van der Waals surface area contributed by atoms with Crippen molar-refractivity contribution in [3.05, 3.63) is 439 Å². The van der Waals surface area contributed by atoms with E-state index in [1.165, 1.54) is 21.1 Å². The van der Waals surface area contributed by atoms with Gasteiger partial charge in [0.25, 0.3) is 0 Å². The van der Waals surface area contributed by atoms with E-state index < -0.39 is 17.8 Å². The first-order chi connectivity index (χ1) is 53.9. The summed E-state index contributed by atoms with van der Waals surface area (Å²) in [6, 6.07) is 133. The van der Waals surface area contributed by atoms with E-state index in [9.17, 15) is 0 Å². The fourth-order valence-corrected chi connectivity index (χ4v) is 16.2. The third kappa shape index (κ3) is 12.4. The van der Waals surface area contributed by atoms with Gasteiger partial charge in [0.05, 0.1) is 0 Å². The summed E-state index contributed by atoms with van der Waals surface area (Å²) in [5.41, 5.74) is 19.6. The van der Waals surface area contributed by atoms with Gasteiger partial charge in [-0.15, -0.1) is 51.2 Å². The molecule has 109 heavy (non-hydrogen) atoms. The van der Waals surface area contributed by atoms with Gasteiger partial charge in [-0.05, 0) is 117 Å². The number of rotatable bonds is 15. The number of fused-ring (bicyclic) bond motifs is 8. The van der Waals surface area contributed by atoms with Crippen LogP contribution in [0.4, 0.5) is 0 Å². The number of pyridine rings is 2. The first-order valence-electron chi connectivity index (χ1n) is 38.1. The molecule has 0 spiro atoms. The van der Waals surface area contributed by atoms with E-state index in [2.05, 4.69) is 362 Å². The molecule has 0 saturated heterocycles. The molecule has 0 unspecified atom stereocenters. The van der Waals surface area contributed by atoms with Crippen LogP contribution in [-0.2, 0) is 59.9 Å². The molecular weight excluding hydrogens is 1690 g/mol. The molecule has 0 saturated carbocycles. The Kier molecular flexibility index (Phi) is 18.6. The molecule has 6 aromatic heterocycles. The van der Waals surface area contributed by atoms with Crippen molar-refractivity contribution in [2.24, 2.45) is 6.98 Å². The van der Waals surface area contributed by atoms with Crippen molar-refractivity contribution < 1.29 is 46.2 Å². The SMILES string of the molecule is CC(C)c1ccnc(-n2c3[c-]c(C(c4[c-]c(-n5[cH+]n(-c6ccccc6)c6ccccc65)ccc4)(c4ccccc4)c4ccccc4)ccc3c3ccccc32)c1.[2H]C([2H])([2H])n1[cH+]n(-c2[c-]c(C(c3[c-]c4c(cc3)c3ccccc3n4-c3cc(C(C)C)ccn3)(c3ccccc3)c3ccccc3)ccc2)c2ccccc21.[Pt].[Pt]. The number of para-hydroxylation sites is 7. The Bertz CT molecular complexity index is 6530. The molecule has 0 atom stereocenters. The zero-order valence-electron chi connectivity index (χ0n) is 63.4. The number of aromatic nitrogens is 8. The topological polar surface area (TPSA) is 55.4 Å². The second-order valence-corrected chi connectivity index (χ2v) is 28.1. The van der Waals surface area contributed by atoms with E-state index >= 15 is 0 Å². The Morgan fingerprint density at radius 1 is 0.321 bits per heavy atom. The summed E-state index contributed by atoms with van der Waals surface area (Å²) in [4.78, 5) is 9.87. The molecule has 0 N–H and O–H groups in total. The first kappa shape index (κ1) is 67.7. The van der Waals surface area contributed by atoms with Crippen molar-refractivity contribution in [3.8, 4) is 28.7 Å². The van der Waals surface area contributed by atoms with Crippen molar-refractivity contribution in [2.45, 2.75) is 50.4 Å². The molecular formula is C99H76N8Pt2-2. The van der Waals surface area contributed by atoms with Crippen LogP contribution in [0.1, 0.15) is 99.3 Å². The van der Waals surface area contributed by atoms with Crippen LogP contribution in [0, 0.1) is 24.3 Å². The molecule has 0 amide bonds. The number of hydrogen-bond donors (Lipinski definition) is 0. The Balaban J connectivity index is 0.000000167. The minimum atomic E-state index is -2.35. The van der Waals surface area contributed by atoms with Gasteiger partial charge in [0.2, 0.25) is 0 Å². The Labute approximate surface area is 668 Å². The molecule has 19 aromatic rings. The van der Waals surface area contributed by atoms with Crippen LogP contribution in [0.15, 0.2) is 359 Å². The standard InChI is InChI=1S/C52H39N4.C47H37N4.2Pt/c1-37(2)38-31-32-53-51(33-38)56-47-26-13-12-25-45(47)46-30-29-42(35-50(46)56)52(39-17-6-3-7-18-39,40-19-8-4-9-20-40)41-21-16-24-44(34-41)55-36-54(43-22-10-5-11-23-43)48-27-14-15-28-49(48)55;1-33(2)34-27-28-48-46(29-34)51-42-22-11-10-21-40(42)41-26-25-38(31-45(41)51)47(35-15-6-4-7-16-35,36-17-8-5-9-18-36)37-19-14-20-39(30-37)50-32-49(3)43-23-12-13-24-44(43)50;;/h3-33,36-37H,1-2H3;4-29,32-33H,1-3H3;;/q2*-1;;/i;3D3;;. The zero-order valence-corrected chi connectivity index (χ0v) is 65.0. The molecule has 0 aliphatic carbocycles. The normalized spacial score (nSPS) is 12.3. The van der Waals surface area contributed by atoms with Crippen LogP contribution in [0.2, 0.25) is 0 Å². The van der Waals surface area contributed by atoms with Crippen LogP contribution in [0.25, 0.3) is 94.4 Å². The number of imidazole rings is 2. The maximum Gasteiger partial charge on any atom is 0.188 e. The van der Waals surface area contributed by atoms with Gasteiger partial charge in [-0.2, -0.15) is 65.2 Å². The third-order valence-electron chi connectivity index (χ3n) is 21.3. The predicted octanol–water partition coefficient (Wildman–Crippen LogP) is 23.1. The van der Waals surface area contributed by atoms with Gasteiger partial charge in [-0.25, -0.2) is 23.7 Å². The van der Waals surface area contributed by atoms with Gasteiger partial charge >= 0.3 is 0 Å². The number of aryl methyl sites for hydroxylation is 1. The van der Waals surface area contributed by atoms with Gasteiger partial charge in [0, 0.05) is 123 Å². The molecule has 0 bridgehead atoms. The van der Waals surface area contributed by atoms with E-state index in [-0.39, 0.29) is 42.1 Å². The largest absolute Gasteiger partial charge is 0.319 e. The summed E-state index contributed by atoms with van der Waals surface area (Å²) in [5.74, 6) is 2.45. The Hall–Kier alpha value is -11.9. The number of benzene rings is 13. The van der Waals surface area contributed by atoms with E-state index in [4.69, 9.17) is 14.1 Å². The molecule has 10 heteroatoms. The van der Waals surface area contributed by atoms with Crippen LogP contribution in [-0.4, -0.2) is 37.4 Å². The molecule has 8 nitrogen and oxygen atoms in total. The zero-order chi connectivity index (χ0) is 74.7. The first-order valence-corrected chi connectivity index (χ1v) is 36.6. The molecule has 0 aliphatic heterocycles. The fraction of sp³-hybridized carbons (Fsp3) is 0.0909. The summed E-state index contributed by atoms with van der Waals surface area (Å²) in [7, 11) is 0. The van der Waals surface area contributed by atoms with Gasteiger partial charge in [-0.3, -0.25) is 0 Å². The minimum Gasteiger partial charge on any atom is -0.319 e. The van der Waals surface area contributed by atoms with Crippen molar-refractivity contribution in [3.63, 3.8) is 0 Å². The van der Waals surface area contributed by atoms with Gasteiger partial charge in [-0.1, -0.05) is 233 Å². The quantitative estimate of drug-likeness (QED) is 0.0759. The summed E-state index contributed by atoms with van der Waals surface area (Å²) < 4.78 is 37.2. The summed E-state index contributed by atoms with van der Waals surface area (Å²) in [5, 5.41) is 4.53. The second-order valence-electron chi connectivity index (χ2n) is 28.1. The monoisotopic (exact) mass is 1770 g/mol. The maximum atomic E-state index is 8.29. The van der Waals surface area contributed by atoms with Crippen molar-refractivity contribution >= 4 is 65.7 Å². The molecule has 0 aliphatic rings. The average molecular weight is 1770 g/mol. The number of nitrogens with zero attached hydrogens (tertiary/aromatic N) is 8. The summed E-state index contributed by atoms with van der Waals surface area (Å²) in [6.45, 7) is 6.50. The average Bonchev–Trinajstić information content (AvgIpc) is 1.44. The number of hydrogen-bond acceptors (Lipinski definition) is 2. The molecule has 0 fully saturated rings. The van der Waals surface area contributed by atoms with Crippen LogP contribution in [0.5, 0.6) is 0 Å². The third-order valence-corrected chi connectivity index (χ3v) is 21.3. The van der Waals surface area contributed by atoms with Crippen LogP contribution in [0.3, 0.4) is 0 Å². The Morgan fingerprint density at radius 2 is 0.670 bits per heavy atom. The summed E-state index contributed by atoms with van der Waals surface area (Å²) in [6.07, 6.45) is 7.67. The molecule has 534 valence electrons. The predicted molar refractivity (Wildman–Crippen MR) is 438 cm³/mol. The van der Waals surface area contributed by atoms with Crippen molar-refractivity contribution in [1.29, 1.82) is 0 Å². The van der Waals surface area contributed by atoms with E-state index in [1.54, 1.807) is 6.33 Å². The van der Waals surface area contributed by atoms with E-state index in [0.29, 0.717) is 17.4 Å². The molecule has 0 radical (unpaired) electrons. The Morgan fingerprint density at radius 3 is 1.08 bits per heavy atom. The van der Waals surface area contributed by atoms with E-state index in [0.717, 1.165) is 128 Å². The molecule has 6 heterocycles. The maximum absolute atomic E-state index is 8.29. The second kappa shape index (κ2) is 30.0. The van der Waals surface area contributed by atoms with Crippen molar-refractivity contribution in [2.75, 3.05) is 0 Å². The van der Waals surface area contributed by atoms with Crippen molar-refractivity contribution in [1.82, 2.24) is 37.4 Å². The van der Waals surface area contributed by atoms with Gasteiger partial charge in [0.1, 0.15) is 17.3 Å². The van der Waals surface area contributed by atoms with Gasteiger partial charge in [0.15, 0.2) is 34.7 Å². The summed E-state index contributed by atoms with van der Waals surface area (Å²) >= 11 is 0.